The van der Waals surface area contributed by atoms with Crippen LogP contribution in [0, 0.1) is 11.3 Å². The molecule has 14 heavy (non-hydrogen) atoms. The Morgan fingerprint density at radius 2 is 2.21 bits per heavy atom. The van der Waals surface area contributed by atoms with Gasteiger partial charge < -0.3 is 4.57 Å². The minimum absolute atomic E-state index is 0.0638. The molecule has 0 aliphatic heterocycles. The molecule has 0 spiro atoms. The van der Waals surface area contributed by atoms with E-state index in [1.807, 2.05) is 6.07 Å². The maximum Gasteiger partial charge on any atom is 0.264 e. The molecule has 0 amide bonds. The van der Waals surface area contributed by atoms with Crippen molar-refractivity contribution in [2.75, 3.05) is 0 Å². The first-order valence-corrected chi connectivity index (χ1v) is 5.66. The SMILES string of the molecule is N#CCCCn1cc(Br)cc(Br)c1=O. The molecule has 1 aromatic rings. The van der Waals surface area contributed by atoms with Crippen molar-refractivity contribution in [1.82, 2.24) is 4.57 Å². The van der Waals surface area contributed by atoms with Gasteiger partial charge in [-0.15, -0.1) is 0 Å². The van der Waals surface area contributed by atoms with Gasteiger partial charge in [0.05, 0.1) is 10.5 Å². The van der Waals surface area contributed by atoms with Crippen LogP contribution >= 0.6 is 31.9 Å². The van der Waals surface area contributed by atoms with Crippen LogP contribution in [0.1, 0.15) is 12.8 Å². The lowest BCUT2D eigenvalue weighted by Crippen LogP contribution is -2.20. The number of nitriles is 1. The van der Waals surface area contributed by atoms with E-state index in [0.29, 0.717) is 23.9 Å². The molecule has 1 aromatic heterocycles. The third-order valence-corrected chi connectivity index (χ3v) is 2.70. The van der Waals surface area contributed by atoms with Crippen molar-refractivity contribution < 1.29 is 0 Å². The molecule has 74 valence electrons. The largest absolute Gasteiger partial charge is 0.313 e. The summed E-state index contributed by atoms with van der Waals surface area (Å²) in [4.78, 5) is 11.5. The number of unbranched alkanes of at least 4 members (excludes halogenated alkanes) is 1. The van der Waals surface area contributed by atoms with Crippen molar-refractivity contribution in [2.45, 2.75) is 19.4 Å². The van der Waals surface area contributed by atoms with Crippen LogP contribution in [-0.2, 0) is 6.54 Å². The number of pyridine rings is 1. The maximum atomic E-state index is 11.5. The molecule has 0 saturated heterocycles. The molecule has 0 aliphatic rings. The molecule has 0 atom stereocenters. The maximum absolute atomic E-state index is 11.5. The summed E-state index contributed by atoms with van der Waals surface area (Å²) in [6.45, 7) is 0.574. The van der Waals surface area contributed by atoms with E-state index >= 15 is 0 Å². The molecule has 0 N–H and O–H groups in total. The Kier molecular flexibility index (Phi) is 4.36. The summed E-state index contributed by atoms with van der Waals surface area (Å²) in [6.07, 6.45) is 2.89. The predicted molar refractivity (Wildman–Crippen MR) is 60.9 cm³/mol. The predicted octanol–water partition coefficient (Wildman–Crippen LogP) is 2.68. The number of nitrogens with zero attached hydrogens (tertiary/aromatic N) is 2. The fourth-order valence-electron chi connectivity index (χ4n) is 1.06. The first-order valence-electron chi connectivity index (χ1n) is 4.07. The topological polar surface area (TPSA) is 45.8 Å². The van der Waals surface area contributed by atoms with Crippen molar-refractivity contribution in [2.24, 2.45) is 0 Å². The van der Waals surface area contributed by atoms with Crippen molar-refractivity contribution in [3.63, 3.8) is 0 Å². The highest BCUT2D eigenvalue weighted by Gasteiger charge is 2.02. The summed E-state index contributed by atoms with van der Waals surface area (Å²) in [6, 6.07) is 3.76. The molecule has 1 heterocycles. The zero-order valence-electron chi connectivity index (χ0n) is 7.33. The van der Waals surface area contributed by atoms with Crippen molar-refractivity contribution in [3.05, 3.63) is 31.6 Å². The lowest BCUT2D eigenvalue weighted by atomic mass is 10.3. The van der Waals surface area contributed by atoms with Crippen LogP contribution < -0.4 is 5.56 Å². The average molecular weight is 320 g/mol. The minimum atomic E-state index is -0.0638. The van der Waals surface area contributed by atoms with E-state index in [-0.39, 0.29) is 5.56 Å². The molecule has 3 nitrogen and oxygen atoms in total. The van der Waals surface area contributed by atoms with Crippen LogP contribution in [0.3, 0.4) is 0 Å². The Morgan fingerprint density at radius 3 is 2.86 bits per heavy atom. The lowest BCUT2D eigenvalue weighted by molar-refractivity contribution is 0.628. The highest BCUT2D eigenvalue weighted by Crippen LogP contribution is 2.12. The van der Waals surface area contributed by atoms with E-state index < -0.39 is 0 Å². The highest BCUT2D eigenvalue weighted by atomic mass is 79.9. The van der Waals surface area contributed by atoms with E-state index in [9.17, 15) is 4.79 Å². The molecular weight excluding hydrogens is 312 g/mol. The Hall–Kier alpha value is -0.600. The zero-order valence-corrected chi connectivity index (χ0v) is 10.5. The van der Waals surface area contributed by atoms with E-state index in [1.165, 1.54) is 0 Å². The number of aryl methyl sites for hydroxylation is 1. The van der Waals surface area contributed by atoms with Crippen LogP contribution in [0.2, 0.25) is 0 Å². The summed E-state index contributed by atoms with van der Waals surface area (Å²) in [5.74, 6) is 0. The first kappa shape index (κ1) is 11.5. The summed E-state index contributed by atoms with van der Waals surface area (Å²) in [5, 5.41) is 8.37. The van der Waals surface area contributed by atoms with Gasteiger partial charge in [0, 0.05) is 23.6 Å². The van der Waals surface area contributed by atoms with Gasteiger partial charge in [0.2, 0.25) is 0 Å². The summed E-state index contributed by atoms with van der Waals surface area (Å²) in [5.41, 5.74) is -0.0638. The highest BCUT2D eigenvalue weighted by molar-refractivity contribution is 9.11. The second-order valence-corrected chi connectivity index (χ2v) is 4.54. The first-order chi connectivity index (χ1) is 6.65. The number of hydrogen-bond acceptors (Lipinski definition) is 2. The molecular formula is C9H8Br2N2O. The summed E-state index contributed by atoms with van der Waals surface area (Å²) >= 11 is 6.48. The Morgan fingerprint density at radius 1 is 1.50 bits per heavy atom. The normalized spacial score (nSPS) is 9.79. The van der Waals surface area contributed by atoms with Crippen molar-refractivity contribution in [1.29, 1.82) is 5.26 Å². The second kappa shape index (κ2) is 5.32. The third kappa shape index (κ3) is 2.96. The van der Waals surface area contributed by atoms with Gasteiger partial charge in [-0.1, -0.05) is 0 Å². The van der Waals surface area contributed by atoms with Crippen LogP contribution in [0.4, 0.5) is 0 Å². The number of aromatic nitrogens is 1. The van der Waals surface area contributed by atoms with Gasteiger partial charge >= 0.3 is 0 Å². The van der Waals surface area contributed by atoms with Gasteiger partial charge in [-0.05, 0) is 44.3 Å². The number of rotatable bonds is 3. The smallest absolute Gasteiger partial charge is 0.264 e. The van der Waals surface area contributed by atoms with E-state index in [4.69, 9.17) is 5.26 Å². The monoisotopic (exact) mass is 318 g/mol. The van der Waals surface area contributed by atoms with Crippen LogP contribution in [0.25, 0.3) is 0 Å². The molecule has 0 aromatic carbocycles. The van der Waals surface area contributed by atoms with Crippen LogP contribution in [-0.4, -0.2) is 4.57 Å². The fourth-order valence-corrected chi connectivity index (χ4v) is 2.32. The molecule has 0 radical (unpaired) electrons. The molecule has 5 heteroatoms. The van der Waals surface area contributed by atoms with Gasteiger partial charge in [0.1, 0.15) is 0 Å². The molecule has 0 unspecified atom stereocenters. The molecule has 0 fully saturated rings. The minimum Gasteiger partial charge on any atom is -0.313 e. The summed E-state index contributed by atoms with van der Waals surface area (Å²) < 4.78 is 2.97. The number of hydrogen-bond donors (Lipinski definition) is 0. The van der Waals surface area contributed by atoms with Gasteiger partial charge in [-0.2, -0.15) is 5.26 Å². The van der Waals surface area contributed by atoms with Crippen LogP contribution in [0.15, 0.2) is 26.0 Å². The second-order valence-electron chi connectivity index (χ2n) is 2.77. The van der Waals surface area contributed by atoms with Gasteiger partial charge in [0.25, 0.3) is 5.56 Å². The van der Waals surface area contributed by atoms with Crippen LogP contribution in [0.5, 0.6) is 0 Å². The number of halogens is 2. The third-order valence-electron chi connectivity index (χ3n) is 1.70. The van der Waals surface area contributed by atoms with E-state index in [2.05, 4.69) is 31.9 Å². The molecule has 0 aliphatic carbocycles. The van der Waals surface area contributed by atoms with Crippen molar-refractivity contribution in [3.8, 4) is 6.07 Å². The Balaban J connectivity index is 2.87. The van der Waals surface area contributed by atoms with Crippen molar-refractivity contribution >= 4 is 31.9 Å². The standard InChI is InChI=1S/C9H8Br2N2O/c10-7-5-8(11)9(14)13(6-7)4-2-1-3-12/h5-6H,1-2,4H2. The molecule has 1 rings (SSSR count). The fraction of sp³-hybridized carbons (Fsp3) is 0.333. The molecule has 0 saturated carbocycles. The molecule has 0 bridgehead atoms. The summed E-state index contributed by atoms with van der Waals surface area (Å²) in [7, 11) is 0. The Bertz CT molecular complexity index is 420. The van der Waals surface area contributed by atoms with Gasteiger partial charge in [-0.25, -0.2) is 0 Å². The average Bonchev–Trinajstić information content (AvgIpc) is 2.13. The quantitative estimate of drug-likeness (QED) is 0.804. The Labute approximate surface area is 98.6 Å². The van der Waals surface area contributed by atoms with Gasteiger partial charge in [0.15, 0.2) is 0 Å². The zero-order chi connectivity index (χ0) is 10.6. The van der Waals surface area contributed by atoms with Gasteiger partial charge in [-0.3, -0.25) is 4.79 Å². The lowest BCUT2D eigenvalue weighted by Gasteiger charge is -2.05. The van der Waals surface area contributed by atoms with E-state index in [0.717, 1.165) is 4.47 Å². The van der Waals surface area contributed by atoms with E-state index in [1.54, 1.807) is 16.8 Å².